The van der Waals surface area contributed by atoms with Gasteiger partial charge in [-0.3, -0.25) is 4.79 Å². The van der Waals surface area contributed by atoms with Crippen LogP contribution in [-0.4, -0.2) is 27.4 Å². The Morgan fingerprint density at radius 3 is 2.20 bits per heavy atom. The summed E-state index contributed by atoms with van der Waals surface area (Å²) in [5, 5.41) is 9.03. The lowest BCUT2D eigenvalue weighted by Crippen LogP contribution is -2.32. The van der Waals surface area contributed by atoms with E-state index >= 15 is 0 Å². The number of halogens is 3. The Morgan fingerprint density at radius 1 is 0.804 bits per heavy atom. The first-order valence-corrected chi connectivity index (χ1v) is 14.5. The number of hydrogen-bond donors (Lipinski definition) is 2. The summed E-state index contributed by atoms with van der Waals surface area (Å²) in [6.07, 6.45) is -3.48. The summed E-state index contributed by atoms with van der Waals surface area (Å²) in [5.74, 6) is -0.773. The molecule has 7 nitrogen and oxygen atoms in total. The molecule has 2 N–H and O–H groups in total. The molecule has 235 valence electrons. The molecule has 0 aliphatic carbocycles. The van der Waals surface area contributed by atoms with E-state index in [4.69, 9.17) is 4.74 Å². The van der Waals surface area contributed by atoms with Gasteiger partial charge in [-0.25, -0.2) is 9.48 Å². The second-order valence-corrected chi connectivity index (χ2v) is 11.6. The van der Waals surface area contributed by atoms with Gasteiger partial charge in [-0.2, -0.15) is 18.3 Å². The molecule has 0 atom stereocenters. The fourth-order valence-electron chi connectivity index (χ4n) is 4.66. The summed E-state index contributed by atoms with van der Waals surface area (Å²) < 4.78 is 47.3. The summed E-state index contributed by atoms with van der Waals surface area (Å²) in [5.41, 5.74) is 2.89. The maximum Gasteiger partial charge on any atom is 0.435 e. The van der Waals surface area contributed by atoms with Crippen LogP contribution in [0.1, 0.15) is 53.6 Å². The van der Waals surface area contributed by atoms with Crippen molar-refractivity contribution in [2.75, 3.05) is 5.32 Å². The number of nitrogens with one attached hydrogen (secondary N) is 2. The number of carbonyl (C=O) groups excluding carboxylic acids is 2. The van der Waals surface area contributed by atoms with Crippen molar-refractivity contribution in [2.24, 2.45) is 0 Å². The Balaban J connectivity index is 1.33. The van der Waals surface area contributed by atoms with Gasteiger partial charge in [-0.05, 0) is 72.9 Å². The SMILES string of the molecule is CC(C)(C)OC(=O)NCc1cccc(-n2nc(C(F)(F)F)cc2C(=O)Nc2cccc([CH]c3ccc(-c4ccccc4)cc3)c2)c1. The third-order valence-electron chi connectivity index (χ3n) is 6.72. The molecule has 0 saturated heterocycles. The first-order chi connectivity index (χ1) is 21.8. The number of rotatable bonds is 8. The van der Waals surface area contributed by atoms with Gasteiger partial charge in [0.15, 0.2) is 5.69 Å². The van der Waals surface area contributed by atoms with E-state index in [-0.39, 0.29) is 17.9 Å². The second-order valence-electron chi connectivity index (χ2n) is 11.6. The van der Waals surface area contributed by atoms with E-state index in [2.05, 4.69) is 15.7 Å². The molecular weight excluding hydrogens is 593 g/mol. The van der Waals surface area contributed by atoms with Gasteiger partial charge in [0.25, 0.3) is 5.91 Å². The molecule has 1 radical (unpaired) electrons. The monoisotopic (exact) mass is 625 g/mol. The number of anilines is 1. The lowest BCUT2D eigenvalue weighted by molar-refractivity contribution is -0.141. The minimum Gasteiger partial charge on any atom is -0.444 e. The van der Waals surface area contributed by atoms with Crippen molar-refractivity contribution in [2.45, 2.75) is 39.1 Å². The number of aromatic nitrogens is 2. The van der Waals surface area contributed by atoms with E-state index in [0.29, 0.717) is 17.3 Å². The van der Waals surface area contributed by atoms with Crippen molar-refractivity contribution in [3.8, 4) is 16.8 Å². The van der Waals surface area contributed by atoms with E-state index in [0.717, 1.165) is 26.9 Å². The summed E-state index contributed by atoms with van der Waals surface area (Å²) in [6.45, 7) is 5.24. The Labute approximate surface area is 265 Å². The van der Waals surface area contributed by atoms with E-state index in [1.165, 1.54) is 6.07 Å². The van der Waals surface area contributed by atoms with Crippen LogP contribution in [0.4, 0.5) is 23.7 Å². The quantitative estimate of drug-likeness (QED) is 0.181. The fourth-order valence-corrected chi connectivity index (χ4v) is 4.66. The highest BCUT2D eigenvalue weighted by molar-refractivity contribution is 6.03. The van der Waals surface area contributed by atoms with E-state index in [1.807, 2.05) is 67.1 Å². The first kappa shape index (κ1) is 32.0. The smallest absolute Gasteiger partial charge is 0.435 e. The molecular formula is C36H32F3N4O3. The normalized spacial score (nSPS) is 11.6. The first-order valence-electron chi connectivity index (χ1n) is 14.5. The van der Waals surface area contributed by atoms with Crippen LogP contribution in [0, 0.1) is 6.42 Å². The minimum atomic E-state index is -4.78. The Bertz CT molecular complexity index is 1830. The minimum absolute atomic E-state index is 0.0515. The zero-order valence-corrected chi connectivity index (χ0v) is 25.4. The van der Waals surface area contributed by atoms with Crippen molar-refractivity contribution in [3.05, 3.63) is 144 Å². The Morgan fingerprint density at radius 2 is 1.50 bits per heavy atom. The molecule has 5 rings (SSSR count). The Hall–Kier alpha value is -5.38. The van der Waals surface area contributed by atoms with Crippen LogP contribution in [0.5, 0.6) is 0 Å². The van der Waals surface area contributed by atoms with Crippen molar-refractivity contribution in [3.63, 3.8) is 0 Å². The molecule has 0 fully saturated rings. The number of nitrogens with zero attached hydrogens (tertiary/aromatic N) is 2. The maximum absolute atomic E-state index is 13.7. The van der Waals surface area contributed by atoms with Crippen LogP contribution in [0.2, 0.25) is 0 Å². The van der Waals surface area contributed by atoms with Gasteiger partial charge in [-0.15, -0.1) is 0 Å². The van der Waals surface area contributed by atoms with Gasteiger partial charge in [0.2, 0.25) is 0 Å². The number of alkyl halides is 3. The average Bonchev–Trinajstić information content (AvgIpc) is 3.47. The third-order valence-corrected chi connectivity index (χ3v) is 6.72. The van der Waals surface area contributed by atoms with Crippen LogP contribution in [0.3, 0.4) is 0 Å². The largest absolute Gasteiger partial charge is 0.444 e. The lowest BCUT2D eigenvalue weighted by atomic mass is 10.00. The predicted octanol–water partition coefficient (Wildman–Crippen LogP) is 8.44. The van der Waals surface area contributed by atoms with E-state index < -0.39 is 29.5 Å². The topological polar surface area (TPSA) is 85.2 Å². The molecule has 5 aromatic rings. The van der Waals surface area contributed by atoms with E-state index in [1.54, 1.807) is 57.2 Å². The molecule has 0 aliphatic heterocycles. The Kier molecular flexibility index (Phi) is 9.27. The van der Waals surface area contributed by atoms with Gasteiger partial charge in [-0.1, -0.05) is 78.9 Å². The summed E-state index contributed by atoms with van der Waals surface area (Å²) in [6, 6.07) is 32.1. The highest BCUT2D eigenvalue weighted by atomic mass is 19.4. The lowest BCUT2D eigenvalue weighted by Gasteiger charge is -2.19. The number of benzene rings is 4. The molecule has 0 bridgehead atoms. The zero-order chi connectivity index (χ0) is 32.9. The number of hydrogen-bond acceptors (Lipinski definition) is 4. The highest BCUT2D eigenvalue weighted by Crippen LogP contribution is 2.30. The van der Waals surface area contributed by atoms with Gasteiger partial charge in [0.05, 0.1) is 5.69 Å². The van der Waals surface area contributed by atoms with Gasteiger partial charge < -0.3 is 15.4 Å². The van der Waals surface area contributed by atoms with Crippen molar-refractivity contribution in [1.82, 2.24) is 15.1 Å². The molecule has 0 aliphatic rings. The van der Waals surface area contributed by atoms with Gasteiger partial charge in [0.1, 0.15) is 11.3 Å². The van der Waals surface area contributed by atoms with Gasteiger partial charge >= 0.3 is 12.3 Å². The summed E-state index contributed by atoms with van der Waals surface area (Å²) in [4.78, 5) is 25.5. The molecule has 0 spiro atoms. The maximum atomic E-state index is 13.7. The van der Waals surface area contributed by atoms with Crippen LogP contribution >= 0.6 is 0 Å². The number of ether oxygens (including phenoxy) is 1. The average molecular weight is 626 g/mol. The molecule has 46 heavy (non-hydrogen) atoms. The highest BCUT2D eigenvalue weighted by Gasteiger charge is 2.36. The summed E-state index contributed by atoms with van der Waals surface area (Å²) in [7, 11) is 0. The molecule has 2 amide bonds. The van der Waals surface area contributed by atoms with Crippen LogP contribution in [0.25, 0.3) is 16.8 Å². The summed E-state index contributed by atoms with van der Waals surface area (Å²) >= 11 is 0. The standard InChI is InChI=1S/C36H32F3N4O3/c1-35(2,3)46-34(45)40-23-26-10-8-14-30(21-26)43-31(22-32(42-43)36(37,38)39)33(44)41-29-13-7-9-25(20-29)19-24-15-17-28(18-16-24)27-11-5-4-6-12-27/h4-22H,23H2,1-3H3,(H,40,45)(H,41,44). The zero-order valence-electron chi connectivity index (χ0n) is 25.4. The van der Waals surface area contributed by atoms with Crippen LogP contribution in [-0.2, 0) is 17.5 Å². The van der Waals surface area contributed by atoms with Crippen LogP contribution in [0.15, 0.2) is 109 Å². The van der Waals surface area contributed by atoms with E-state index in [9.17, 15) is 22.8 Å². The number of carbonyl (C=O) groups is 2. The molecule has 10 heteroatoms. The molecule has 4 aromatic carbocycles. The fraction of sp³-hybridized carbons (Fsp3) is 0.167. The predicted molar refractivity (Wildman–Crippen MR) is 170 cm³/mol. The van der Waals surface area contributed by atoms with Gasteiger partial charge in [0, 0.05) is 24.7 Å². The van der Waals surface area contributed by atoms with Crippen molar-refractivity contribution < 1.29 is 27.5 Å². The van der Waals surface area contributed by atoms with Crippen LogP contribution < -0.4 is 10.6 Å². The third kappa shape index (κ3) is 8.41. The number of amides is 2. The second kappa shape index (κ2) is 13.3. The van der Waals surface area contributed by atoms with Crippen molar-refractivity contribution in [1.29, 1.82) is 0 Å². The number of alkyl carbamates (subject to hydrolysis) is 1. The molecule has 0 saturated carbocycles. The van der Waals surface area contributed by atoms with Crippen molar-refractivity contribution >= 4 is 17.7 Å². The molecule has 1 heterocycles. The molecule has 0 unspecified atom stereocenters. The molecule has 1 aromatic heterocycles.